The first kappa shape index (κ1) is 19.0. The van der Waals surface area contributed by atoms with E-state index in [1.54, 1.807) is 4.90 Å². The molecule has 0 aromatic heterocycles. The number of carbonyl (C=O) groups excluding carboxylic acids is 1. The van der Waals surface area contributed by atoms with Crippen molar-refractivity contribution in [3.8, 4) is 16.9 Å². The van der Waals surface area contributed by atoms with E-state index in [0.29, 0.717) is 6.42 Å². The summed E-state index contributed by atoms with van der Waals surface area (Å²) in [5.41, 5.74) is 2.05. The predicted molar refractivity (Wildman–Crippen MR) is 104 cm³/mol. The topological polar surface area (TPSA) is 66.8 Å². The fourth-order valence-corrected chi connectivity index (χ4v) is 3.50. The Morgan fingerprint density at radius 3 is 2.52 bits per heavy atom. The summed E-state index contributed by atoms with van der Waals surface area (Å²) in [5, 5.41) is 9.22. The average Bonchev–Trinajstić information content (AvgIpc) is 2.69. The summed E-state index contributed by atoms with van der Waals surface area (Å²) in [6.07, 6.45) is 1.58. The van der Waals surface area contributed by atoms with Gasteiger partial charge >= 0.3 is 5.97 Å². The molecule has 0 aliphatic carbocycles. The molecule has 2 unspecified atom stereocenters. The van der Waals surface area contributed by atoms with E-state index < -0.39 is 11.9 Å². The molecule has 1 N–H and O–H groups in total. The minimum atomic E-state index is -0.826. The lowest BCUT2D eigenvalue weighted by Crippen LogP contribution is -2.47. The molecule has 5 heteroatoms. The number of ether oxygens (including phenoxy) is 1. The van der Waals surface area contributed by atoms with E-state index in [1.807, 2.05) is 61.5 Å². The zero-order valence-electron chi connectivity index (χ0n) is 15.5. The van der Waals surface area contributed by atoms with E-state index in [1.165, 1.54) is 0 Å². The number of benzene rings is 2. The highest BCUT2D eigenvalue weighted by molar-refractivity contribution is 5.78. The fourth-order valence-electron chi connectivity index (χ4n) is 3.50. The Morgan fingerprint density at radius 1 is 1.07 bits per heavy atom. The lowest BCUT2D eigenvalue weighted by atomic mass is 9.93. The second-order valence-electron chi connectivity index (χ2n) is 6.97. The maximum absolute atomic E-state index is 12.6. The lowest BCUT2D eigenvalue weighted by molar-refractivity contribution is -0.147. The highest BCUT2D eigenvalue weighted by Crippen LogP contribution is 2.29. The summed E-state index contributed by atoms with van der Waals surface area (Å²) in [7, 11) is 0. The normalized spacial score (nSPS) is 19.5. The van der Waals surface area contributed by atoms with Crippen LogP contribution in [0.15, 0.2) is 54.6 Å². The summed E-state index contributed by atoms with van der Waals surface area (Å²) < 4.78 is 5.90. The zero-order valence-corrected chi connectivity index (χ0v) is 15.5. The molecule has 0 bridgehead atoms. The molecule has 1 aliphatic heterocycles. The number of aliphatic carboxylic acids is 1. The van der Waals surface area contributed by atoms with Crippen molar-refractivity contribution in [3.63, 3.8) is 0 Å². The van der Waals surface area contributed by atoms with Crippen LogP contribution in [0.1, 0.15) is 26.2 Å². The number of carboxylic acid groups (broad SMARTS) is 1. The van der Waals surface area contributed by atoms with Crippen LogP contribution in [0.5, 0.6) is 5.75 Å². The van der Waals surface area contributed by atoms with Gasteiger partial charge in [-0.3, -0.25) is 9.59 Å². The van der Waals surface area contributed by atoms with E-state index >= 15 is 0 Å². The number of likely N-dealkylation sites (tertiary alicyclic amines) is 1. The number of piperidine rings is 1. The molecule has 142 valence electrons. The van der Waals surface area contributed by atoms with Crippen LogP contribution in [-0.4, -0.2) is 41.1 Å². The van der Waals surface area contributed by atoms with Crippen LogP contribution in [0, 0.1) is 5.92 Å². The van der Waals surface area contributed by atoms with Crippen molar-refractivity contribution >= 4 is 11.9 Å². The molecule has 1 amide bonds. The Hall–Kier alpha value is -2.82. The highest BCUT2D eigenvalue weighted by Gasteiger charge is 2.32. The first-order valence-corrected chi connectivity index (χ1v) is 9.36. The Bertz CT molecular complexity index is 790. The summed E-state index contributed by atoms with van der Waals surface area (Å²) in [5.74, 6) is -0.602. The van der Waals surface area contributed by atoms with Gasteiger partial charge in [0.25, 0.3) is 0 Å². The molecule has 1 heterocycles. The quantitative estimate of drug-likeness (QED) is 0.842. The van der Waals surface area contributed by atoms with Gasteiger partial charge in [-0.2, -0.15) is 0 Å². The number of amides is 1. The molecule has 2 aromatic rings. The molecule has 1 aliphatic rings. The second-order valence-corrected chi connectivity index (χ2v) is 6.97. The van der Waals surface area contributed by atoms with Gasteiger partial charge in [-0.25, -0.2) is 0 Å². The van der Waals surface area contributed by atoms with Crippen LogP contribution >= 0.6 is 0 Å². The molecule has 0 radical (unpaired) electrons. The van der Waals surface area contributed by atoms with E-state index in [-0.39, 0.29) is 31.5 Å². The molecule has 2 aromatic carbocycles. The van der Waals surface area contributed by atoms with Gasteiger partial charge in [-0.15, -0.1) is 0 Å². The zero-order chi connectivity index (χ0) is 19.2. The van der Waals surface area contributed by atoms with Crippen LogP contribution in [0.25, 0.3) is 11.1 Å². The number of carboxylic acids is 1. The molecule has 1 fully saturated rings. The summed E-state index contributed by atoms with van der Waals surface area (Å²) in [6, 6.07) is 17.8. The van der Waals surface area contributed by atoms with E-state index in [2.05, 4.69) is 0 Å². The number of hydrogen-bond donors (Lipinski definition) is 1. The Morgan fingerprint density at radius 2 is 1.78 bits per heavy atom. The number of nitrogens with zero attached hydrogens (tertiary/aromatic N) is 1. The van der Waals surface area contributed by atoms with Gasteiger partial charge < -0.3 is 14.7 Å². The van der Waals surface area contributed by atoms with E-state index in [0.717, 1.165) is 23.3 Å². The molecule has 0 saturated carbocycles. The molecule has 1 saturated heterocycles. The standard InChI is InChI=1S/C22H25NO4/c1-16-11-12-18(22(25)26)15-23(16)21(24)13-14-27-20-10-6-5-9-19(20)17-7-3-2-4-8-17/h2-10,16,18H,11-15H2,1H3,(H,25,26). The van der Waals surface area contributed by atoms with Gasteiger partial charge in [0.1, 0.15) is 5.75 Å². The monoisotopic (exact) mass is 367 g/mol. The van der Waals surface area contributed by atoms with E-state index in [4.69, 9.17) is 4.74 Å². The molecule has 5 nitrogen and oxygen atoms in total. The lowest BCUT2D eigenvalue weighted by Gasteiger charge is -2.36. The van der Waals surface area contributed by atoms with Crippen LogP contribution in [-0.2, 0) is 9.59 Å². The highest BCUT2D eigenvalue weighted by atomic mass is 16.5. The first-order chi connectivity index (χ1) is 13.1. The number of carbonyl (C=O) groups is 2. The smallest absolute Gasteiger partial charge is 0.308 e. The van der Waals surface area contributed by atoms with Crippen LogP contribution in [0.2, 0.25) is 0 Å². The Balaban J connectivity index is 1.60. The summed E-state index contributed by atoms with van der Waals surface area (Å²) in [6.45, 7) is 2.53. The van der Waals surface area contributed by atoms with Gasteiger partial charge in [0.05, 0.1) is 18.9 Å². The maximum atomic E-state index is 12.6. The minimum Gasteiger partial charge on any atom is -0.492 e. The Labute approximate surface area is 159 Å². The molecule has 27 heavy (non-hydrogen) atoms. The van der Waals surface area contributed by atoms with Gasteiger partial charge in [-0.05, 0) is 31.4 Å². The third-order valence-corrected chi connectivity index (χ3v) is 5.10. The molecule has 3 rings (SSSR count). The van der Waals surface area contributed by atoms with Crippen molar-refractivity contribution in [1.29, 1.82) is 0 Å². The van der Waals surface area contributed by atoms with Gasteiger partial charge in [0.2, 0.25) is 5.91 Å². The molecule has 2 atom stereocenters. The average molecular weight is 367 g/mol. The summed E-state index contributed by atoms with van der Waals surface area (Å²) in [4.78, 5) is 25.5. The van der Waals surface area contributed by atoms with Crippen molar-refractivity contribution in [2.45, 2.75) is 32.2 Å². The fraction of sp³-hybridized carbons (Fsp3) is 0.364. The first-order valence-electron chi connectivity index (χ1n) is 9.36. The SMILES string of the molecule is CC1CCC(C(=O)O)CN1C(=O)CCOc1ccccc1-c1ccccc1. The number of para-hydroxylation sites is 1. The molecular formula is C22H25NO4. The van der Waals surface area contributed by atoms with Crippen molar-refractivity contribution in [2.75, 3.05) is 13.2 Å². The molecule has 0 spiro atoms. The van der Waals surface area contributed by atoms with Crippen molar-refractivity contribution in [3.05, 3.63) is 54.6 Å². The third kappa shape index (κ3) is 4.67. The maximum Gasteiger partial charge on any atom is 0.308 e. The van der Waals surface area contributed by atoms with Gasteiger partial charge in [0.15, 0.2) is 0 Å². The Kier molecular flexibility index (Phi) is 6.12. The van der Waals surface area contributed by atoms with Gasteiger partial charge in [-0.1, -0.05) is 48.5 Å². The third-order valence-electron chi connectivity index (χ3n) is 5.10. The van der Waals surface area contributed by atoms with Crippen molar-refractivity contribution in [2.24, 2.45) is 5.92 Å². The predicted octanol–water partition coefficient (Wildman–Crippen LogP) is 3.83. The second kappa shape index (κ2) is 8.71. The van der Waals surface area contributed by atoms with Crippen LogP contribution < -0.4 is 4.74 Å². The van der Waals surface area contributed by atoms with E-state index in [9.17, 15) is 14.7 Å². The van der Waals surface area contributed by atoms with Crippen molar-refractivity contribution < 1.29 is 19.4 Å². The van der Waals surface area contributed by atoms with Crippen molar-refractivity contribution in [1.82, 2.24) is 4.90 Å². The largest absolute Gasteiger partial charge is 0.492 e. The molecular weight excluding hydrogens is 342 g/mol. The minimum absolute atomic E-state index is 0.0503. The van der Waals surface area contributed by atoms with Gasteiger partial charge in [0, 0.05) is 18.2 Å². The summed E-state index contributed by atoms with van der Waals surface area (Å²) >= 11 is 0. The number of hydrogen-bond acceptors (Lipinski definition) is 3. The van der Waals surface area contributed by atoms with Crippen LogP contribution in [0.3, 0.4) is 0 Å². The van der Waals surface area contributed by atoms with Crippen LogP contribution in [0.4, 0.5) is 0 Å². The number of rotatable bonds is 6.